The molecule has 0 aromatic heterocycles. The Labute approximate surface area is 240 Å². The average Bonchev–Trinajstić information content (AvgIpc) is 3.25. The van der Waals surface area contributed by atoms with Crippen LogP contribution in [0, 0.1) is 46.3 Å². The molecule has 4 aliphatic rings. The molecule has 0 aromatic carbocycles. The summed E-state index contributed by atoms with van der Waals surface area (Å²) in [7, 11) is 6.37. The molecular formula is C31H54O9. The molecule has 232 valence electrons. The molecule has 0 radical (unpaired) electrons. The van der Waals surface area contributed by atoms with Gasteiger partial charge in [0.1, 0.15) is 20.4 Å². The molecule has 0 heterocycles. The smallest absolute Gasteiger partial charge is 0.334 e. The van der Waals surface area contributed by atoms with Gasteiger partial charge in [-0.3, -0.25) is 0 Å². The van der Waals surface area contributed by atoms with Crippen molar-refractivity contribution >= 4 is 5.97 Å². The van der Waals surface area contributed by atoms with Crippen LogP contribution in [0.4, 0.5) is 0 Å². The van der Waals surface area contributed by atoms with Crippen LogP contribution in [0.3, 0.4) is 0 Å². The van der Waals surface area contributed by atoms with E-state index in [0.717, 1.165) is 44.9 Å². The lowest BCUT2D eigenvalue weighted by molar-refractivity contribution is -0.227. The Morgan fingerprint density at radius 3 is 2.12 bits per heavy atom. The second-order valence-corrected chi connectivity index (χ2v) is 13.5. The van der Waals surface area contributed by atoms with Crippen molar-refractivity contribution in [3.63, 3.8) is 0 Å². The van der Waals surface area contributed by atoms with E-state index < -0.39 is 12.1 Å². The van der Waals surface area contributed by atoms with Gasteiger partial charge in [0, 0.05) is 21.3 Å². The molecule has 1 unspecified atom stereocenters. The summed E-state index contributed by atoms with van der Waals surface area (Å²) in [5.74, 6) is 1.51. The first kappa shape index (κ1) is 32.1. The molecule has 4 aliphatic carbocycles. The van der Waals surface area contributed by atoms with Crippen molar-refractivity contribution in [1.82, 2.24) is 0 Å². The zero-order chi connectivity index (χ0) is 29.1. The molecule has 0 bridgehead atoms. The Bertz CT molecular complexity index is 825. The van der Waals surface area contributed by atoms with Crippen molar-refractivity contribution in [2.45, 2.75) is 96.6 Å². The predicted molar refractivity (Wildman–Crippen MR) is 148 cm³/mol. The lowest BCUT2D eigenvalue weighted by Gasteiger charge is -2.63. The number of methoxy groups -OCH3 is 4. The van der Waals surface area contributed by atoms with Crippen LogP contribution in [0.25, 0.3) is 0 Å². The van der Waals surface area contributed by atoms with E-state index in [1.54, 1.807) is 21.3 Å². The van der Waals surface area contributed by atoms with E-state index in [4.69, 9.17) is 33.2 Å². The molecule has 12 atom stereocenters. The maximum Gasteiger partial charge on any atom is 0.334 e. The molecule has 0 aliphatic heterocycles. The third kappa shape index (κ3) is 6.12. The quantitative estimate of drug-likeness (QED) is 0.255. The highest BCUT2D eigenvalue weighted by atomic mass is 16.7. The van der Waals surface area contributed by atoms with E-state index in [9.17, 15) is 9.90 Å². The number of aliphatic hydroxyl groups is 1. The second-order valence-electron chi connectivity index (χ2n) is 13.5. The zero-order valence-electron chi connectivity index (χ0n) is 25.8. The van der Waals surface area contributed by atoms with Gasteiger partial charge < -0.3 is 38.3 Å². The number of hydrogen-bond acceptors (Lipinski definition) is 9. The van der Waals surface area contributed by atoms with Crippen LogP contribution in [0.1, 0.15) is 72.1 Å². The van der Waals surface area contributed by atoms with Crippen LogP contribution in [0.5, 0.6) is 0 Å². The van der Waals surface area contributed by atoms with E-state index in [2.05, 4.69) is 20.8 Å². The van der Waals surface area contributed by atoms with E-state index in [0.29, 0.717) is 36.9 Å². The first-order chi connectivity index (χ1) is 19.1. The fourth-order valence-corrected chi connectivity index (χ4v) is 9.83. The van der Waals surface area contributed by atoms with Gasteiger partial charge in [-0.15, -0.1) is 0 Å². The summed E-state index contributed by atoms with van der Waals surface area (Å²) < 4.78 is 39.9. The number of rotatable bonds is 13. The first-order valence-electron chi connectivity index (χ1n) is 15.2. The SMILES string of the molecule is COCO[C@@H]1CC[C@]2(C)C3CC[C@@]4(C)[C@H]([C@@H]3[C@H](OCOC)C[C@@H]2C1)[C@@H](OCOC)C[C@@H]4[C@H](C)C[C@@H](O)C(=O)OC. The molecule has 0 saturated heterocycles. The molecular weight excluding hydrogens is 516 g/mol. The van der Waals surface area contributed by atoms with E-state index in [1.165, 1.54) is 7.11 Å². The second kappa shape index (κ2) is 13.7. The third-order valence-corrected chi connectivity index (χ3v) is 11.6. The number of carbonyl (C=O) groups excluding carboxylic acids is 1. The highest BCUT2D eigenvalue weighted by Gasteiger charge is 2.66. The fraction of sp³-hybridized carbons (Fsp3) is 0.968. The molecule has 4 fully saturated rings. The Morgan fingerprint density at radius 1 is 0.850 bits per heavy atom. The third-order valence-electron chi connectivity index (χ3n) is 11.6. The van der Waals surface area contributed by atoms with Crippen molar-refractivity contribution < 1.29 is 43.1 Å². The maximum absolute atomic E-state index is 12.1. The highest BCUT2D eigenvalue weighted by molar-refractivity contribution is 5.74. The van der Waals surface area contributed by atoms with Gasteiger partial charge in [0.2, 0.25) is 0 Å². The first-order valence-corrected chi connectivity index (χ1v) is 15.2. The van der Waals surface area contributed by atoms with Gasteiger partial charge in [0.25, 0.3) is 0 Å². The number of esters is 1. The molecule has 1 N–H and O–H groups in total. The largest absolute Gasteiger partial charge is 0.467 e. The number of ether oxygens (including phenoxy) is 7. The molecule has 0 spiro atoms. The summed E-state index contributed by atoms with van der Waals surface area (Å²) in [4.78, 5) is 12.1. The van der Waals surface area contributed by atoms with Crippen LogP contribution in [-0.4, -0.2) is 84.3 Å². The minimum Gasteiger partial charge on any atom is -0.467 e. The lowest BCUT2D eigenvalue weighted by Crippen LogP contribution is -2.60. The molecule has 4 rings (SSSR count). The van der Waals surface area contributed by atoms with Crippen molar-refractivity contribution in [3.8, 4) is 0 Å². The summed E-state index contributed by atoms with van der Waals surface area (Å²) in [5, 5.41) is 10.5. The van der Waals surface area contributed by atoms with Gasteiger partial charge >= 0.3 is 5.97 Å². The number of carbonyl (C=O) groups is 1. The van der Waals surface area contributed by atoms with Crippen LogP contribution in [0.2, 0.25) is 0 Å². The highest BCUT2D eigenvalue weighted by Crippen LogP contribution is 2.69. The van der Waals surface area contributed by atoms with Gasteiger partial charge in [-0.05, 0) is 97.7 Å². The molecule has 0 aromatic rings. The summed E-state index contributed by atoms with van der Waals surface area (Å²) in [6.45, 7) is 7.98. The summed E-state index contributed by atoms with van der Waals surface area (Å²) in [6.07, 6.45) is 6.92. The molecule has 0 amide bonds. The zero-order valence-corrected chi connectivity index (χ0v) is 25.8. The number of aliphatic hydroxyl groups excluding tert-OH is 1. The average molecular weight is 571 g/mol. The predicted octanol–water partition coefficient (Wildman–Crippen LogP) is 4.39. The molecule has 40 heavy (non-hydrogen) atoms. The van der Waals surface area contributed by atoms with Crippen LogP contribution < -0.4 is 0 Å². The Balaban J connectivity index is 1.65. The maximum atomic E-state index is 12.1. The number of fused-ring (bicyclic) bond motifs is 5. The number of hydrogen-bond donors (Lipinski definition) is 1. The fourth-order valence-electron chi connectivity index (χ4n) is 9.83. The van der Waals surface area contributed by atoms with Crippen LogP contribution in [0.15, 0.2) is 0 Å². The van der Waals surface area contributed by atoms with Gasteiger partial charge in [-0.1, -0.05) is 20.8 Å². The van der Waals surface area contributed by atoms with Crippen LogP contribution in [-0.2, 0) is 38.0 Å². The summed E-state index contributed by atoms with van der Waals surface area (Å²) >= 11 is 0. The Morgan fingerprint density at radius 2 is 1.48 bits per heavy atom. The van der Waals surface area contributed by atoms with Gasteiger partial charge in [-0.25, -0.2) is 4.79 Å². The van der Waals surface area contributed by atoms with Gasteiger partial charge in [-0.2, -0.15) is 0 Å². The molecule has 4 saturated carbocycles. The topological polar surface area (TPSA) is 102 Å². The van der Waals surface area contributed by atoms with Crippen molar-refractivity contribution in [2.75, 3.05) is 48.8 Å². The van der Waals surface area contributed by atoms with E-state index in [1.807, 2.05) is 0 Å². The lowest BCUT2D eigenvalue weighted by atomic mass is 9.43. The summed E-state index contributed by atoms with van der Waals surface area (Å²) in [6, 6.07) is 0. The monoisotopic (exact) mass is 570 g/mol. The van der Waals surface area contributed by atoms with E-state index in [-0.39, 0.29) is 54.6 Å². The summed E-state index contributed by atoms with van der Waals surface area (Å²) in [5.41, 5.74) is 0.202. The standard InChI is InChI=1S/C31H54O9/c1-19(12-24(32)29(33)37-7)23-15-26(40-18-36-6)28-27-22(9-11-31(23,28)3)30(2)10-8-21(38-16-34-4)13-20(30)14-25(27)39-17-35-5/h19-28,32H,8-18H2,1-7H3/t19-,20+,21-,22?,23-,24-,25-,26+,27+,28+,30+,31-/m1/s1. The molecule has 9 nitrogen and oxygen atoms in total. The molecule has 9 heteroatoms. The van der Waals surface area contributed by atoms with Crippen molar-refractivity contribution in [3.05, 3.63) is 0 Å². The Kier molecular flexibility index (Phi) is 11.0. The van der Waals surface area contributed by atoms with Crippen LogP contribution >= 0.6 is 0 Å². The normalized spacial score (nSPS) is 42.4. The van der Waals surface area contributed by atoms with E-state index >= 15 is 0 Å². The van der Waals surface area contributed by atoms with Gasteiger partial charge in [0.15, 0.2) is 6.10 Å². The minimum atomic E-state index is -1.11. The minimum absolute atomic E-state index is 0.00845. The van der Waals surface area contributed by atoms with Crippen molar-refractivity contribution in [2.24, 2.45) is 46.3 Å². The van der Waals surface area contributed by atoms with Crippen molar-refractivity contribution in [1.29, 1.82) is 0 Å². The van der Waals surface area contributed by atoms with Gasteiger partial charge in [0.05, 0.1) is 25.4 Å². The Hall–Kier alpha value is -0.810.